The van der Waals surface area contributed by atoms with Crippen molar-refractivity contribution < 1.29 is 13.2 Å². The molecule has 0 radical (unpaired) electrons. The van der Waals surface area contributed by atoms with Crippen LogP contribution in [0.5, 0.6) is 0 Å². The number of hydrogen-bond acceptors (Lipinski definition) is 4. The molecule has 0 saturated carbocycles. The Kier molecular flexibility index (Phi) is 6.20. The molecule has 0 aromatic heterocycles. The number of rotatable bonds is 7. The fraction of sp³-hybridized carbons (Fsp3) is 0.533. The number of carbonyl (C=O) groups excluding carboxylic acids is 1. The third-order valence-electron chi connectivity index (χ3n) is 3.29. The molecule has 0 spiro atoms. The number of nitrogens with zero attached hydrogens (tertiary/aromatic N) is 1. The van der Waals surface area contributed by atoms with Crippen LogP contribution in [0, 0.1) is 0 Å². The largest absolute Gasteiger partial charge is 0.373 e. The molecule has 1 amide bonds. The Morgan fingerprint density at radius 3 is 2.48 bits per heavy atom. The lowest BCUT2D eigenvalue weighted by Crippen LogP contribution is -2.39. The molecular weight excluding hydrogens is 288 g/mol. The maximum absolute atomic E-state index is 12.3. The van der Waals surface area contributed by atoms with Gasteiger partial charge in [-0.25, -0.2) is 8.42 Å². The zero-order valence-electron chi connectivity index (χ0n) is 13.1. The standard InChI is InChI=1S/C15H24N2O3S/c1-5-11-21(19,20)14-10-8-7-9-13(14)16-12(3)15(18)17(4)6-2/h7-10,12,16H,5-6,11H2,1-4H3. The van der Waals surface area contributed by atoms with E-state index in [9.17, 15) is 13.2 Å². The lowest BCUT2D eigenvalue weighted by atomic mass is 10.2. The Morgan fingerprint density at radius 2 is 1.90 bits per heavy atom. The van der Waals surface area contributed by atoms with Gasteiger partial charge in [-0.15, -0.1) is 0 Å². The Hall–Kier alpha value is -1.56. The summed E-state index contributed by atoms with van der Waals surface area (Å²) in [6, 6.07) is 6.24. The minimum atomic E-state index is -3.33. The predicted octanol–water partition coefficient (Wildman–Crippen LogP) is 2.15. The van der Waals surface area contributed by atoms with E-state index in [1.165, 1.54) is 0 Å². The summed E-state index contributed by atoms with van der Waals surface area (Å²) in [4.78, 5) is 13.9. The number of amides is 1. The van der Waals surface area contributed by atoms with E-state index in [0.29, 0.717) is 18.7 Å². The Bertz CT molecular complexity index is 584. The highest BCUT2D eigenvalue weighted by Crippen LogP contribution is 2.23. The van der Waals surface area contributed by atoms with Crippen LogP contribution in [-0.4, -0.2) is 44.6 Å². The number of carbonyl (C=O) groups is 1. The van der Waals surface area contributed by atoms with E-state index in [1.807, 2.05) is 13.8 Å². The number of sulfone groups is 1. The normalized spacial score (nSPS) is 12.8. The summed E-state index contributed by atoms with van der Waals surface area (Å²) in [6.45, 7) is 6.07. The van der Waals surface area contributed by atoms with Crippen LogP contribution in [-0.2, 0) is 14.6 Å². The minimum absolute atomic E-state index is 0.0693. The molecule has 0 bridgehead atoms. The maximum atomic E-state index is 12.3. The summed E-state index contributed by atoms with van der Waals surface area (Å²) in [6.07, 6.45) is 0.559. The summed E-state index contributed by atoms with van der Waals surface area (Å²) in [7, 11) is -1.60. The van der Waals surface area contributed by atoms with Gasteiger partial charge >= 0.3 is 0 Å². The summed E-state index contributed by atoms with van der Waals surface area (Å²) in [5, 5.41) is 3.02. The first kappa shape index (κ1) is 17.5. The molecular formula is C15H24N2O3S. The highest BCUT2D eigenvalue weighted by atomic mass is 32.2. The molecule has 118 valence electrons. The fourth-order valence-corrected chi connectivity index (χ4v) is 3.52. The molecule has 0 aliphatic heterocycles. The van der Waals surface area contributed by atoms with Crippen LogP contribution in [0.3, 0.4) is 0 Å². The molecule has 0 aliphatic rings. The van der Waals surface area contributed by atoms with Gasteiger partial charge in [-0.2, -0.15) is 0 Å². The SMILES string of the molecule is CCCS(=O)(=O)c1ccccc1NC(C)C(=O)N(C)CC. The highest BCUT2D eigenvalue weighted by Gasteiger charge is 2.21. The number of para-hydroxylation sites is 1. The number of benzene rings is 1. The molecule has 1 unspecified atom stereocenters. The van der Waals surface area contributed by atoms with E-state index in [2.05, 4.69) is 5.32 Å². The van der Waals surface area contributed by atoms with Crippen LogP contribution in [0.25, 0.3) is 0 Å². The zero-order chi connectivity index (χ0) is 16.0. The number of hydrogen-bond donors (Lipinski definition) is 1. The second-order valence-corrected chi connectivity index (χ2v) is 7.11. The first-order chi connectivity index (χ1) is 9.83. The van der Waals surface area contributed by atoms with E-state index in [0.717, 1.165) is 0 Å². The van der Waals surface area contributed by atoms with Crippen LogP contribution in [0.4, 0.5) is 5.69 Å². The number of likely N-dealkylation sites (N-methyl/N-ethyl adjacent to an activating group) is 1. The van der Waals surface area contributed by atoms with Gasteiger partial charge in [0.25, 0.3) is 0 Å². The monoisotopic (exact) mass is 312 g/mol. The Balaban J connectivity index is 3.03. The van der Waals surface area contributed by atoms with Crippen molar-refractivity contribution in [2.24, 2.45) is 0 Å². The van der Waals surface area contributed by atoms with E-state index in [-0.39, 0.29) is 16.6 Å². The quantitative estimate of drug-likeness (QED) is 0.838. The average Bonchev–Trinajstić information content (AvgIpc) is 2.45. The van der Waals surface area contributed by atoms with E-state index in [1.54, 1.807) is 43.1 Å². The van der Waals surface area contributed by atoms with Gasteiger partial charge in [-0.05, 0) is 32.4 Å². The van der Waals surface area contributed by atoms with Crippen LogP contribution in [0.15, 0.2) is 29.2 Å². The first-order valence-electron chi connectivity index (χ1n) is 7.16. The number of anilines is 1. The van der Waals surface area contributed by atoms with Gasteiger partial charge in [0, 0.05) is 13.6 Å². The van der Waals surface area contributed by atoms with Crippen molar-refractivity contribution in [2.45, 2.75) is 38.1 Å². The molecule has 1 atom stereocenters. The highest BCUT2D eigenvalue weighted by molar-refractivity contribution is 7.91. The molecule has 0 fully saturated rings. The van der Waals surface area contributed by atoms with Crippen molar-refractivity contribution >= 4 is 21.4 Å². The van der Waals surface area contributed by atoms with Crippen LogP contribution < -0.4 is 5.32 Å². The molecule has 0 saturated heterocycles. The zero-order valence-corrected chi connectivity index (χ0v) is 13.9. The van der Waals surface area contributed by atoms with Gasteiger partial charge in [0.15, 0.2) is 9.84 Å². The Labute approximate surface area is 127 Å². The van der Waals surface area contributed by atoms with E-state index in [4.69, 9.17) is 0 Å². The van der Waals surface area contributed by atoms with Gasteiger partial charge in [-0.3, -0.25) is 4.79 Å². The molecule has 1 aromatic carbocycles. The van der Waals surface area contributed by atoms with Gasteiger partial charge in [0.2, 0.25) is 5.91 Å². The smallest absolute Gasteiger partial charge is 0.244 e. The van der Waals surface area contributed by atoms with Crippen molar-refractivity contribution in [3.63, 3.8) is 0 Å². The first-order valence-corrected chi connectivity index (χ1v) is 8.82. The Morgan fingerprint density at radius 1 is 1.29 bits per heavy atom. The van der Waals surface area contributed by atoms with Gasteiger partial charge in [0.05, 0.1) is 16.3 Å². The lowest BCUT2D eigenvalue weighted by Gasteiger charge is -2.22. The van der Waals surface area contributed by atoms with Gasteiger partial charge in [0.1, 0.15) is 6.04 Å². The van der Waals surface area contributed by atoms with Crippen molar-refractivity contribution in [1.82, 2.24) is 4.90 Å². The summed E-state index contributed by atoms with van der Waals surface area (Å²) in [5.74, 6) is 0.0308. The molecule has 1 N–H and O–H groups in total. The second kappa shape index (κ2) is 7.45. The van der Waals surface area contributed by atoms with Crippen molar-refractivity contribution in [3.05, 3.63) is 24.3 Å². The van der Waals surface area contributed by atoms with Crippen molar-refractivity contribution in [3.8, 4) is 0 Å². The molecule has 1 rings (SSSR count). The van der Waals surface area contributed by atoms with Crippen LogP contribution >= 0.6 is 0 Å². The summed E-state index contributed by atoms with van der Waals surface area (Å²) in [5.41, 5.74) is 0.483. The van der Waals surface area contributed by atoms with Gasteiger partial charge < -0.3 is 10.2 Å². The van der Waals surface area contributed by atoms with Crippen molar-refractivity contribution in [2.75, 3.05) is 24.7 Å². The summed E-state index contributed by atoms with van der Waals surface area (Å²) < 4.78 is 24.5. The molecule has 0 heterocycles. The topological polar surface area (TPSA) is 66.5 Å². The molecule has 0 aliphatic carbocycles. The number of nitrogens with one attached hydrogen (secondary N) is 1. The molecule has 6 heteroatoms. The lowest BCUT2D eigenvalue weighted by molar-refractivity contribution is -0.130. The van der Waals surface area contributed by atoms with Crippen molar-refractivity contribution in [1.29, 1.82) is 0 Å². The van der Waals surface area contributed by atoms with Crippen LogP contribution in [0.1, 0.15) is 27.2 Å². The molecule has 5 nitrogen and oxygen atoms in total. The van der Waals surface area contributed by atoms with E-state index >= 15 is 0 Å². The third kappa shape index (κ3) is 4.46. The molecule has 1 aromatic rings. The van der Waals surface area contributed by atoms with Crippen LogP contribution in [0.2, 0.25) is 0 Å². The predicted molar refractivity (Wildman–Crippen MR) is 85.2 cm³/mol. The maximum Gasteiger partial charge on any atom is 0.244 e. The van der Waals surface area contributed by atoms with Gasteiger partial charge in [-0.1, -0.05) is 19.1 Å². The van der Waals surface area contributed by atoms with E-state index < -0.39 is 15.9 Å². The minimum Gasteiger partial charge on any atom is -0.373 e. The summed E-state index contributed by atoms with van der Waals surface area (Å²) >= 11 is 0. The third-order valence-corrected chi connectivity index (χ3v) is 5.26. The fourth-order valence-electron chi connectivity index (χ4n) is 2.02. The average molecular weight is 312 g/mol. The molecule has 21 heavy (non-hydrogen) atoms. The second-order valence-electron chi connectivity index (χ2n) is 5.03.